The number of nitrogens with one attached hydrogen (secondary N) is 2. The summed E-state index contributed by atoms with van der Waals surface area (Å²) in [6, 6.07) is 1.63. The van der Waals surface area contributed by atoms with E-state index >= 15 is 0 Å². The lowest BCUT2D eigenvalue weighted by Crippen LogP contribution is -2.46. The number of aromatic nitrogens is 2. The fraction of sp³-hybridized carbons (Fsp3) is 0.643. The average Bonchev–Trinajstić information content (AvgIpc) is 2.38. The van der Waals surface area contributed by atoms with Gasteiger partial charge in [-0.3, -0.25) is 14.6 Å². The van der Waals surface area contributed by atoms with Gasteiger partial charge in [-0.25, -0.2) is 4.98 Å². The molecule has 1 saturated heterocycles. The maximum absolute atomic E-state index is 12.2. The van der Waals surface area contributed by atoms with Crippen molar-refractivity contribution in [1.82, 2.24) is 14.9 Å². The molecule has 2 heterocycles. The van der Waals surface area contributed by atoms with Gasteiger partial charge in [0.15, 0.2) is 0 Å². The van der Waals surface area contributed by atoms with Crippen molar-refractivity contribution in [1.29, 1.82) is 0 Å². The Morgan fingerprint density at radius 3 is 2.60 bits per heavy atom. The van der Waals surface area contributed by atoms with Crippen LogP contribution < -0.4 is 10.9 Å². The predicted molar refractivity (Wildman–Crippen MR) is 77.5 cm³/mol. The maximum atomic E-state index is 12.2. The molecule has 0 spiro atoms. The molecule has 0 radical (unpaired) electrons. The molecule has 1 amide bonds. The maximum Gasteiger partial charge on any atom is 0.252 e. The molecule has 2 N–H and O–H groups in total. The number of hydrogen-bond acceptors (Lipinski definition) is 4. The molecule has 0 aromatic carbocycles. The molecule has 6 heteroatoms. The molecule has 20 heavy (non-hydrogen) atoms. The summed E-state index contributed by atoms with van der Waals surface area (Å²) in [5.41, 5.74) is -0.491. The number of anilines is 1. The van der Waals surface area contributed by atoms with Gasteiger partial charge >= 0.3 is 0 Å². The molecule has 1 aliphatic heterocycles. The van der Waals surface area contributed by atoms with Crippen molar-refractivity contribution in [3.05, 3.63) is 22.6 Å². The second-order valence-corrected chi connectivity index (χ2v) is 6.24. The first-order valence-corrected chi connectivity index (χ1v) is 6.97. The molecule has 0 bridgehead atoms. The van der Waals surface area contributed by atoms with Crippen LogP contribution in [0.4, 0.5) is 5.95 Å². The zero-order chi connectivity index (χ0) is 14.8. The highest BCUT2D eigenvalue weighted by atomic mass is 16.2. The van der Waals surface area contributed by atoms with Crippen LogP contribution >= 0.6 is 0 Å². The summed E-state index contributed by atoms with van der Waals surface area (Å²) in [6.07, 6.45) is 3.21. The molecule has 6 nitrogen and oxygen atoms in total. The van der Waals surface area contributed by atoms with Gasteiger partial charge in [0.05, 0.1) is 0 Å². The van der Waals surface area contributed by atoms with E-state index in [9.17, 15) is 9.59 Å². The minimum atomic E-state index is -0.327. The molecule has 110 valence electrons. The summed E-state index contributed by atoms with van der Waals surface area (Å²) in [7, 11) is 0. The fourth-order valence-corrected chi connectivity index (χ4v) is 2.34. The quantitative estimate of drug-likeness (QED) is 0.852. The van der Waals surface area contributed by atoms with Crippen LogP contribution in [0.2, 0.25) is 0 Å². The lowest BCUT2D eigenvalue weighted by atomic mass is 9.93. The fourth-order valence-electron chi connectivity index (χ4n) is 2.34. The van der Waals surface area contributed by atoms with E-state index in [0.717, 1.165) is 25.9 Å². The van der Waals surface area contributed by atoms with Crippen molar-refractivity contribution in [2.75, 3.05) is 18.4 Å². The van der Waals surface area contributed by atoms with Gasteiger partial charge in [0, 0.05) is 36.8 Å². The highest BCUT2D eigenvalue weighted by Gasteiger charge is 2.30. The Morgan fingerprint density at radius 2 is 2.05 bits per heavy atom. The zero-order valence-electron chi connectivity index (χ0n) is 12.3. The second kappa shape index (κ2) is 5.64. The van der Waals surface area contributed by atoms with Crippen molar-refractivity contribution in [2.24, 2.45) is 5.41 Å². The van der Waals surface area contributed by atoms with Crippen LogP contribution in [0.1, 0.15) is 33.6 Å². The standard InChI is InChI=1S/C14H22N4O2/c1-14(2,3)12(20)18-8-5-10(6-9-18)16-13-15-7-4-11(19)17-13/h4,7,10H,5-6,8-9H2,1-3H3,(H2,15,16,17,19). The van der Waals surface area contributed by atoms with Crippen LogP contribution in [0.15, 0.2) is 17.1 Å². The number of H-pyrrole nitrogens is 1. The molecule has 1 aromatic heterocycles. The zero-order valence-corrected chi connectivity index (χ0v) is 12.3. The summed E-state index contributed by atoms with van der Waals surface area (Å²) in [4.78, 5) is 32.0. The minimum absolute atomic E-state index is 0.164. The third-order valence-corrected chi connectivity index (χ3v) is 3.44. The van der Waals surface area contributed by atoms with Gasteiger partial charge in [-0.05, 0) is 12.8 Å². The number of carbonyl (C=O) groups is 1. The minimum Gasteiger partial charge on any atom is -0.353 e. The van der Waals surface area contributed by atoms with Crippen LogP contribution in [0, 0.1) is 5.41 Å². The lowest BCUT2D eigenvalue weighted by Gasteiger charge is -2.36. The van der Waals surface area contributed by atoms with Crippen LogP contribution in [0.25, 0.3) is 0 Å². The Morgan fingerprint density at radius 1 is 1.40 bits per heavy atom. The van der Waals surface area contributed by atoms with Crippen LogP contribution in [-0.2, 0) is 4.79 Å². The average molecular weight is 278 g/mol. The summed E-state index contributed by atoms with van der Waals surface area (Å²) >= 11 is 0. The van der Waals surface area contributed by atoms with E-state index in [1.807, 2.05) is 25.7 Å². The molecule has 0 atom stereocenters. The molecule has 1 fully saturated rings. The Labute approximate surface area is 118 Å². The Bertz CT molecular complexity index is 524. The van der Waals surface area contributed by atoms with E-state index in [4.69, 9.17) is 0 Å². The van der Waals surface area contributed by atoms with Gasteiger partial charge in [0.2, 0.25) is 11.9 Å². The number of likely N-dealkylation sites (tertiary alicyclic amines) is 1. The first-order valence-electron chi connectivity index (χ1n) is 6.97. The highest BCUT2D eigenvalue weighted by molar-refractivity contribution is 5.81. The summed E-state index contributed by atoms with van der Waals surface area (Å²) in [6.45, 7) is 7.31. The van der Waals surface area contributed by atoms with Crippen LogP contribution in [-0.4, -0.2) is 39.9 Å². The van der Waals surface area contributed by atoms with E-state index in [1.54, 1.807) is 0 Å². The van der Waals surface area contributed by atoms with Crippen molar-refractivity contribution in [2.45, 2.75) is 39.7 Å². The van der Waals surface area contributed by atoms with Crippen LogP contribution in [0.3, 0.4) is 0 Å². The second-order valence-electron chi connectivity index (χ2n) is 6.24. The third-order valence-electron chi connectivity index (χ3n) is 3.44. The van der Waals surface area contributed by atoms with Crippen molar-refractivity contribution >= 4 is 11.9 Å². The van der Waals surface area contributed by atoms with Gasteiger partial charge in [-0.15, -0.1) is 0 Å². The van der Waals surface area contributed by atoms with Gasteiger partial charge in [-0.1, -0.05) is 20.8 Å². The van der Waals surface area contributed by atoms with Crippen molar-refractivity contribution < 1.29 is 4.79 Å². The highest BCUT2D eigenvalue weighted by Crippen LogP contribution is 2.21. The number of hydrogen-bond donors (Lipinski definition) is 2. The normalized spacial score (nSPS) is 17.1. The number of piperidine rings is 1. The van der Waals surface area contributed by atoms with Crippen molar-refractivity contribution in [3.8, 4) is 0 Å². The first-order chi connectivity index (χ1) is 9.36. The topological polar surface area (TPSA) is 78.1 Å². The number of aromatic amines is 1. The van der Waals surface area contributed by atoms with E-state index in [0.29, 0.717) is 5.95 Å². The molecule has 1 aliphatic rings. The number of amides is 1. The first kappa shape index (κ1) is 14.6. The number of carbonyl (C=O) groups excluding carboxylic acids is 1. The number of nitrogens with zero attached hydrogens (tertiary/aromatic N) is 2. The summed E-state index contributed by atoms with van der Waals surface area (Å²) in [5.74, 6) is 0.695. The number of rotatable bonds is 2. The Hall–Kier alpha value is -1.85. The van der Waals surface area contributed by atoms with Gasteiger partial charge in [0.1, 0.15) is 0 Å². The smallest absolute Gasteiger partial charge is 0.252 e. The molecular formula is C14H22N4O2. The SMILES string of the molecule is CC(C)(C)C(=O)N1CCC(Nc2nccc(=O)[nH]2)CC1. The summed E-state index contributed by atoms with van der Waals surface area (Å²) in [5, 5.41) is 3.22. The molecular weight excluding hydrogens is 256 g/mol. The van der Waals surface area contributed by atoms with E-state index in [1.165, 1.54) is 12.3 Å². The van der Waals surface area contributed by atoms with Gasteiger partial charge < -0.3 is 10.2 Å². The van der Waals surface area contributed by atoms with Gasteiger partial charge in [0.25, 0.3) is 5.56 Å². The van der Waals surface area contributed by atoms with E-state index < -0.39 is 0 Å². The predicted octanol–water partition coefficient (Wildman–Crippen LogP) is 1.22. The molecule has 2 rings (SSSR count). The van der Waals surface area contributed by atoms with E-state index in [-0.39, 0.29) is 22.9 Å². The molecule has 0 aliphatic carbocycles. The largest absolute Gasteiger partial charge is 0.353 e. The molecule has 1 aromatic rings. The Kier molecular flexibility index (Phi) is 4.11. The molecule has 0 saturated carbocycles. The third kappa shape index (κ3) is 3.59. The van der Waals surface area contributed by atoms with Gasteiger partial charge in [-0.2, -0.15) is 0 Å². The Balaban J connectivity index is 1.89. The van der Waals surface area contributed by atoms with E-state index in [2.05, 4.69) is 15.3 Å². The van der Waals surface area contributed by atoms with Crippen LogP contribution in [0.5, 0.6) is 0 Å². The lowest BCUT2D eigenvalue weighted by molar-refractivity contribution is -0.140. The summed E-state index contributed by atoms with van der Waals surface area (Å²) < 4.78 is 0. The van der Waals surface area contributed by atoms with Crippen molar-refractivity contribution in [3.63, 3.8) is 0 Å². The molecule has 0 unspecified atom stereocenters. The monoisotopic (exact) mass is 278 g/mol.